The number of rotatable bonds is 3. The van der Waals surface area contributed by atoms with E-state index in [1.54, 1.807) is 0 Å². The van der Waals surface area contributed by atoms with E-state index in [0.29, 0.717) is 11.9 Å². The summed E-state index contributed by atoms with van der Waals surface area (Å²) < 4.78 is 0. The lowest BCUT2D eigenvalue weighted by molar-refractivity contribution is 0.199. The van der Waals surface area contributed by atoms with Crippen molar-refractivity contribution in [3.63, 3.8) is 0 Å². The van der Waals surface area contributed by atoms with Gasteiger partial charge in [-0.05, 0) is 13.5 Å². The second kappa shape index (κ2) is 6.15. The number of aromatic nitrogens is 2. The molecule has 0 radical (unpaired) electrons. The van der Waals surface area contributed by atoms with Crippen LogP contribution in [0.5, 0.6) is 0 Å². The molecular formula is C15H28N6. The molecule has 6 heteroatoms. The first-order chi connectivity index (χ1) is 9.85. The number of piperazine rings is 1. The summed E-state index contributed by atoms with van der Waals surface area (Å²) >= 11 is 0. The summed E-state index contributed by atoms with van der Waals surface area (Å²) in [4.78, 5) is 14.1. The molecule has 1 unspecified atom stereocenters. The van der Waals surface area contributed by atoms with Crippen molar-refractivity contribution in [2.24, 2.45) is 5.84 Å². The lowest BCUT2D eigenvalue weighted by atomic mass is 9.96. The van der Waals surface area contributed by atoms with E-state index in [2.05, 4.69) is 54.8 Å². The van der Waals surface area contributed by atoms with Gasteiger partial charge < -0.3 is 10.3 Å². The summed E-state index contributed by atoms with van der Waals surface area (Å²) in [5, 5.41) is 0. The van der Waals surface area contributed by atoms with E-state index in [1.807, 2.05) is 6.07 Å². The number of nitrogens with two attached hydrogens (primary N) is 1. The predicted octanol–water partition coefficient (Wildman–Crippen LogP) is 1.59. The smallest absolute Gasteiger partial charge is 0.145 e. The van der Waals surface area contributed by atoms with Gasteiger partial charge in [0.25, 0.3) is 0 Å². The van der Waals surface area contributed by atoms with Crippen LogP contribution in [0.1, 0.15) is 40.4 Å². The van der Waals surface area contributed by atoms with E-state index in [4.69, 9.17) is 10.8 Å². The third-order valence-corrected chi connectivity index (χ3v) is 4.03. The van der Waals surface area contributed by atoms with E-state index in [9.17, 15) is 0 Å². The Morgan fingerprint density at radius 1 is 1.33 bits per heavy atom. The van der Waals surface area contributed by atoms with E-state index in [0.717, 1.165) is 37.8 Å². The second-order valence-corrected chi connectivity index (χ2v) is 6.75. The van der Waals surface area contributed by atoms with Crippen molar-refractivity contribution in [2.75, 3.05) is 36.5 Å². The minimum Gasteiger partial charge on any atom is -0.354 e. The van der Waals surface area contributed by atoms with E-state index < -0.39 is 0 Å². The zero-order valence-electron chi connectivity index (χ0n) is 13.8. The summed E-state index contributed by atoms with van der Waals surface area (Å²) in [7, 11) is 0. The van der Waals surface area contributed by atoms with Crippen molar-refractivity contribution in [2.45, 2.75) is 46.1 Å². The van der Waals surface area contributed by atoms with Gasteiger partial charge in [-0.15, -0.1) is 0 Å². The minimum atomic E-state index is -0.0987. The Bertz CT molecular complexity index is 482. The van der Waals surface area contributed by atoms with Gasteiger partial charge in [0.15, 0.2) is 0 Å². The Morgan fingerprint density at radius 2 is 2.05 bits per heavy atom. The van der Waals surface area contributed by atoms with Gasteiger partial charge in [0.1, 0.15) is 17.5 Å². The van der Waals surface area contributed by atoms with Crippen LogP contribution >= 0.6 is 0 Å². The number of nitrogen functional groups attached to an aromatic ring is 1. The number of hydrazine groups is 1. The van der Waals surface area contributed by atoms with Gasteiger partial charge in [-0.2, -0.15) is 0 Å². The second-order valence-electron chi connectivity index (χ2n) is 6.75. The quantitative estimate of drug-likeness (QED) is 0.651. The lowest BCUT2D eigenvalue weighted by Crippen LogP contribution is -2.52. The molecule has 1 fully saturated rings. The molecule has 21 heavy (non-hydrogen) atoms. The molecule has 2 heterocycles. The van der Waals surface area contributed by atoms with Crippen molar-refractivity contribution >= 4 is 11.6 Å². The zero-order chi connectivity index (χ0) is 15.6. The van der Waals surface area contributed by atoms with Crippen molar-refractivity contribution < 1.29 is 0 Å². The van der Waals surface area contributed by atoms with Gasteiger partial charge >= 0.3 is 0 Å². The first-order valence-electron chi connectivity index (χ1n) is 7.70. The van der Waals surface area contributed by atoms with Crippen LogP contribution in [-0.4, -0.2) is 47.1 Å². The highest BCUT2D eigenvalue weighted by molar-refractivity contribution is 5.50. The lowest BCUT2D eigenvalue weighted by Gasteiger charge is -2.40. The van der Waals surface area contributed by atoms with Crippen LogP contribution in [0.15, 0.2) is 6.07 Å². The average molecular weight is 292 g/mol. The Balaban J connectivity index is 2.27. The molecule has 118 valence electrons. The Labute approximate surface area is 127 Å². The first-order valence-corrected chi connectivity index (χ1v) is 7.70. The normalized spacial score (nSPS) is 20.7. The largest absolute Gasteiger partial charge is 0.354 e. The summed E-state index contributed by atoms with van der Waals surface area (Å²) in [5.41, 5.74) is 2.56. The zero-order valence-corrected chi connectivity index (χ0v) is 13.8. The van der Waals surface area contributed by atoms with Crippen LogP contribution in [0.25, 0.3) is 0 Å². The summed E-state index contributed by atoms with van der Waals surface area (Å²) in [6.45, 7) is 15.0. The molecular weight excluding hydrogens is 264 g/mol. The molecule has 3 N–H and O–H groups in total. The van der Waals surface area contributed by atoms with Gasteiger partial charge in [0.05, 0.1) is 0 Å². The predicted molar refractivity (Wildman–Crippen MR) is 87.5 cm³/mol. The number of likely N-dealkylation sites (N-methyl/N-ethyl adjacent to an activating group) is 1. The fraction of sp³-hybridized carbons (Fsp3) is 0.733. The Hall–Kier alpha value is -1.40. The summed E-state index contributed by atoms with van der Waals surface area (Å²) in [6.07, 6.45) is 0. The number of nitrogens with zero attached hydrogens (tertiary/aromatic N) is 4. The third-order valence-electron chi connectivity index (χ3n) is 4.03. The van der Waals surface area contributed by atoms with Crippen LogP contribution < -0.4 is 16.2 Å². The van der Waals surface area contributed by atoms with Crippen LogP contribution in [0.2, 0.25) is 0 Å². The number of anilines is 2. The molecule has 0 amide bonds. The number of hydrogen-bond acceptors (Lipinski definition) is 6. The highest BCUT2D eigenvalue weighted by Gasteiger charge is 2.25. The number of hydrogen-bond donors (Lipinski definition) is 2. The SMILES string of the molecule is CCN1CCN(c2cc(NN)nc(C(C)(C)C)n2)CC1C. The maximum atomic E-state index is 5.56. The standard InChI is InChI=1S/C15H28N6/c1-6-20-7-8-21(10-11(20)2)13-9-12(19-16)17-14(18-13)15(3,4)5/h9,11H,6-8,10,16H2,1-5H3,(H,17,18,19). The van der Waals surface area contributed by atoms with Crippen molar-refractivity contribution in [3.05, 3.63) is 11.9 Å². The van der Waals surface area contributed by atoms with Crippen molar-refractivity contribution in [3.8, 4) is 0 Å². The van der Waals surface area contributed by atoms with Gasteiger partial charge in [0, 0.05) is 37.2 Å². The fourth-order valence-electron chi connectivity index (χ4n) is 2.68. The van der Waals surface area contributed by atoms with Crippen LogP contribution in [0, 0.1) is 0 Å². The minimum absolute atomic E-state index is 0.0987. The van der Waals surface area contributed by atoms with Crippen molar-refractivity contribution in [1.82, 2.24) is 14.9 Å². The molecule has 0 saturated carbocycles. The molecule has 1 aromatic heterocycles. The molecule has 2 rings (SSSR count). The summed E-state index contributed by atoms with van der Waals surface area (Å²) in [5.74, 6) is 8.02. The third kappa shape index (κ3) is 3.63. The van der Waals surface area contributed by atoms with Gasteiger partial charge in [-0.1, -0.05) is 27.7 Å². The van der Waals surface area contributed by atoms with Gasteiger partial charge in [-0.3, -0.25) is 4.90 Å². The molecule has 0 aromatic carbocycles. The van der Waals surface area contributed by atoms with Crippen LogP contribution in [-0.2, 0) is 5.41 Å². The van der Waals surface area contributed by atoms with Gasteiger partial charge in [0.2, 0.25) is 0 Å². The number of nitrogens with one attached hydrogen (secondary N) is 1. The topological polar surface area (TPSA) is 70.3 Å². The Kier molecular flexibility index (Phi) is 4.68. The van der Waals surface area contributed by atoms with E-state index >= 15 is 0 Å². The average Bonchev–Trinajstić information content (AvgIpc) is 2.45. The van der Waals surface area contributed by atoms with E-state index in [-0.39, 0.29) is 5.41 Å². The highest BCUT2D eigenvalue weighted by atomic mass is 15.3. The molecule has 1 aliphatic heterocycles. The maximum Gasteiger partial charge on any atom is 0.145 e. The van der Waals surface area contributed by atoms with Crippen LogP contribution in [0.4, 0.5) is 11.6 Å². The van der Waals surface area contributed by atoms with Crippen molar-refractivity contribution in [1.29, 1.82) is 0 Å². The highest BCUT2D eigenvalue weighted by Crippen LogP contribution is 2.25. The molecule has 0 spiro atoms. The monoisotopic (exact) mass is 292 g/mol. The Morgan fingerprint density at radius 3 is 2.57 bits per heavy atom. The van der Waals surface area contributed by atoms with Gasteiger partial charge in [-0.25, -0.2) is 15.8 Å². The molecule has 1 aromatic rings. The van der Waals surface area contributed by atoms with Crippen LogP contribution in [0.3, 0.4) is 0 Å². The molecule has 1 aliphatic rings. The molecule has 0 aliphatic carbocycles. The first kappa shape index (κ1) is 16.0. The fourth-order valence-corrected chi connectivity index (χ4v) is 2.68. The molecule has 0 bridgehead atoms. The van der Waals surface area contributed by atoms with E-state index in [1.165, 1.54) is 0 Å². The maximum absolute atomic E-state index is 5.56. The molecule has 1 saturated heterocycles. The molecule has 1 atom stereocenters. The molecule has 6 nitrogen and oxygen atoms in total. The summed E-state index contributed by atoms with van der Waals surface area (Å²) in [6, 6.07) is 2.47.